The highest BCUT2D eigenvalue weighted by Gasteiger charge is 2.21. The Kier molecular flexibility index (Phi) is 6.20. The van der Waals surface area contributed by atoms with Gasteiger partial charge >= 0.3 is 0 Å². The number of hydrogen-bond acceptors (Lipinski definition) is 8. The van der Waals surface area contributed by atoms with Crippen molar-refractivity contribution in [2.24, 2.45) is 0 Å². The molecule has 2 aromatic heterocycles. The number of H-pyrrole nitrogens is 1. The number of nitrogen functional groups attached to an aromatic ring is 1. The first-order valence-electron chi connectivity index (χ1n) is 11.2. The highest BCUT2D eigenvalue weighted by Crippen LogP contribution is 2.29. The lowest BCUT2D eigenvalue weighted by Crippen LogP contribution is -2.37. The molecule has 0 amide bonds. The molecule has 0 aliphatic carbocycles. The van der Waals surface area contributed by atoms with Crippen molar-refractivity contribution in [1.82, 2.24) is 20.2 Å². The van der Waals surface area contributed by atoms with Gasteiger partial charge in [-0.3, -0.25) is 9.89 Å². The van der Waals surface area contributed by atoms with Gasteiger partial charge in [0.05, 0.1) is 19.8 Å². The summed E-state index contributed by atoms with van der Waals surface area (Å²) in [6.07, 6.45) is 0.700. The van der Waals surface area contributed by atoms with Crippen LogP contribution in [0.25, 0.3) is 22.4 Å². The molecule has 0 atom stereocenters. The van der Waals surface area contributed by atoms with Crippen molar-refractivity contribution in [2.75, 3.05) is 36.9 Å². The first-order chi connectivity index (χ1) is 16.6. The number of ether oxygens (including phenoxy) is 1. The fourth-order valence-electron chi connectivity index (χ4n) is 4.09. The van der Waals surface area contributed by atoms with Crippen LogP contribution in [0.5, 0.6) is 0 Å². The van der Waals surface area contributed by atoms with Crippen molar-refractivity contribution >= 4 is 28.5 Å². The van der Waals surface area contributed by atoms with Gasteiger partial charge < -0.3 is 20.5 Å². The van der Waals surface area contributed by atoms with E-state index in [9.17, 15) is 4.79 Å². The average molecular weight is 459 g/mol. The Hall–Kier alpha value is -3.82. The minimum absolute atomic E-state index is 0.00163. The number of aromatic nitrogens is 4. The van der Waals surface area contributed by atoms with E-state index in [-0.39, 0.29) is 12.4 Å². The van der Waals surface area contributed by atoms with E-state index in [2.05, 4.69) is 20.1 Å². The van der Waals surface area contributed by atoms with Crippen LogP contribution in [0.4, 0.5) is 11.6 Å². The minimum atomic E-state index is -0.00163. The fourth-order valence-corrected chi connectivity index (χ4v) is 4.09. The van der Waals surface area contributed by atoms with E-state index in [4.69, 9.17) is 20.6 Å². The Balaban J connectivity index is 1.34. The molecule has 4 aromatic rings. The first kappa shape index (κ1) is 22.0. The topological polar surface area (TPSA) is 130 Å². The van der Waals surface area contributed by atoms with Crippen LogP contribution < -0.4 is 10.6 Å². The van der Waals surface area contributed by atoms with Gasteiger partial charge in [0.1, 0.15) is 16.8 Å². The predicted octanol–water partition coefficient (Wildman–Crippen LogP) is 2.29. The molecule has 0 radical (unpaired) electrons. The SMILES string of the molecule is Nc1n[nH]c2c(N3CCOCC3)nc(-c3ccc(CC(=O)Cc4ccc(CO)cc4)cc3)nc12. The zero-order valence-electron chi connectivity index (χ0n) is 18.7. The zero-order chi connectivity index (χ0) is 23.5. The van der Waals surface area contributed by atoms with Gasteiger partial charge in [0.25, 0.3) is 0 Å². The van der Waals surface area contributed by atoms with Gasteiger partial charge in [0.2, 0.25) is 0 Å². The number of aliphatic hydroxyl groups excluding tert-OH is 1. The number of aromatic amines is 1. The Morgan fingerprint density at radius 1 is 0.971 bits per heavy atom. The predicted molar refractivity (Wildman–Crippen MR) is 129 cm³/mol. The number of fused-ring (bicyclic) bond motifs is 1. The summed E-state index contributed by atoms with van der Waals surface area (Å²) in [6.45, 7) is 2.73. The lowest BCUT2D eigenvalue weighted by Gasteiger charge is -2.28. The third-order valence-electron chi connectivity index (χ3n) is 5.95. The van der Waals surface area contributed by atoms with Crippen molar-refractivity contribution in [1.29, 1.82) is 0 Å². The van der Waals surface area contributed by atoms with Crippen molar-refractivity contribution in [3.8, 4) is 11.4 Å². The standard InChI is InChI=1S/C25H26N6O3/c26-23-21-22(29-30-23)25(31-9-11-34-12-10-31)28-24(27-21)19-7-5-17(6-8-19)14-20(33)13-16-1-3-18(15-32)4-2-16/h1-8,32H,9-15H2,(H3,26,29,30). The maximum absolute atomic E-state index is 12.6. The number of rotatable bonds is 7. The van der Waals surface area contributed by atoms with Crippen molar-refractivity contribution in [3.63, 3.8) is 0 Å². The number of aliphatic hydroxyl groups is 1. The first-order valence-corrected chi connectivity index (χ1v) is 11.2. The lowest BCUT2D eigenvalue weighted by atomic mass is 10.0. The number of nitrogens with two attached hydrogens (primary N) is 1. The molecule has 4 N–H and O–H groups in total. The summed E-state index contributed by atoms with van der Waals surface area (Å²) >= 11 is 0. The monoisotopic (exact) mass is 458 g/mol. The second kappa shape index (κ2) is 9.58. The molecule has 2 aromatic carbocycles. The largest absolute Gasteiger partial charge is 0.392 e. The van der Waals surface area contributed by atoms with E-state index in [1.165, 1.54) is 0 Å². The van der Waals surface area contributed by atoms with Crippen LogP contribution in [0.2, 0.25) is 0 Å². The number of nitrogens with zero attached hydrogens (tertiary/aromatic N) is 4. The summed E-state index contributed by atoms with van der Waals surface area (Å²) in [5, 5.41) is 16.2. The Morgan fingerprint density at radius 2 is 1.59 bits per heavy atom. The maximum Gasteiger partial charge on any atom is 0.172 e. The number of nitrogens with one attached hydrogen (secondary N) is 1. The molecule has 1 saturated heterocycles. The summed E-state index contributed by atoms with van der Waals surface area (Å²) in [5.74, 6) is 1.79. The van der Waals surface area contributed by atoms with E-state index in [0.29, 0.717) is 43.2 Å². The van der Waals surface area contributed by atoms with Crippen molar-refractivity contribution < 1.29 is 14.6 Å². The van der Waals surface area contributed by atoms with Gasteiger partial charge in [-0.2, -0.15) is 5.10 Å². The van der Waals surface area contributed by atoms with E-state index in [0.717, 1.165) is 46.7 Å². The molecule has 0 saturated carbocycles. The van der Waals surface area contributed by atoms with Crippen LogP contribution in [0.3, 0.4) is 0 Å². The molecular weight excluding hydrogens is 432 g/mol. The van der Waals surface area contributed by atoms with Crippen molar-refractivity contribution in [3.05, 3.63) is 65.2 Å². The molecule has 0 spiro atoms. The number of anilines is 2. The molecule has 1 aliphatic rings. The zero-order valence-corrected chi connectivity index (χ0v) is 18.7. The number of ketones is 1. The Bertz CT molecular complexity index is 1290. The van der Waals surface area contributed by atoms with Crippen LogP contribution in [0, 0.1) is 0 Å². The molecule has 1 fully saturated rings. The number of carbonyl (C=O) groups excluding carboxylic acids is 1. The molecule has 9 nitrogen and oxygen atoms in total. The number of Topliss-reactive ketones (excluding diaryl/α,β-unsaturated/α-hetero) is 1. The quantitative estimate of drug-likeness (QED) is 0.385. The summed E-state index contributed by atoms with van der Waals surface area (Å²) in [4.78, 5) is 24.2. The third-order valence-corrected chi connectivity index (χ3v) is 5.95. The minimum Gasteiger partial charge on any atom is -0.392 e. The van der Waals surface area contributed by atoms with Gasteiger partial charge in [0.15, 0.2) is 17.5 Å². The summed E-state index contributed by atoms with van der Waals surface area (Å²) in [6, 6.07) is 15.2. The summed E-state index contributed by atoms with van der Waals surface area (Å²) in [5.41, 5.74) is 10.9. The second-order valence-corrected chi connectivity index (χ2v) is 8.37. The number of hydrogen-bond donors (Lipinski definition) is 3. The van der Waals surface area contributed by atoms with Crippen LogP contribution in [-0.2, 0) is 29.0 Å². The third kappa shape index (κ3) is 4.61. The van der Waals surface area contributed by atoms with E-state index < -0.39 is 0 Å². The summed E-state index contributed by atoms with van der Waals surface area (Å²) in [7, 11) is 0. The molecule has 0 unspecified atom stereocenters. The number of benzene rings is 2. The van der Waals surface area contributed by atoms with Crippen LogP contribution in [0.1, 0.15) is 16.7 Å². The fraction of sp³-hybridized carbons (Fsp3) is 0.280. The van der Waals surface area contributed by atoms with E-state index in [1.807, 2.05) is 48.5 Å². The van der Waals surface area contributed by atoms with Crippen LogP contribution in [0.15, 0.2) is 48.5 Å². The van der Waals surface area contributed by atoms with E-state index >= 15 is 0 Å². The van der Waals surface area contributed by atoms with Gasteiger partial charge in [-0.15, -0.1) is 0 Å². The van der Waals surface area contributed by atoms with Gasteiger partial charge in [-0.05, 0) is 16.7 Å². The van der Waals surface area contributed by atoms with Crippen LogP contribution >= 0.6 is 0 Å². The highest BCUT2D eigenvalue weighted by molar-refractivity contribution is 5.94. The normalized spacial score (nSPS) is 14.0. The summed E-state index contributed by atoms with van der Waals surface area (Å²) < 4.78 is 5.47. The molecule has 174 valence electrons. The van der Waals surface area contributed by atoms with Gasteiger partial charge in [0, 0.05) is 31.5 Å². The van der Waals surface area contributed by atoms with Gasteiger partial charge in [-0.25, -0.2) is 9.97 Å². The number of morpholine rings is 1. The molecule has 9 heteroatoms. The molecule has 0 bridgehead atoms. The second-order valence-electron chi connectivity index (χ2n) is 8.37. The van der Waals surface area contributed by atoms with Crippen LogP contribution in [-0.4, -0.2) is 57.4 Å². The van der Waals surface area contributed by atoms with Crippen molar-refractivity contribution in [2.45, 2.75) is 19.4 Å². The molecular formula is C25H26N6O3. The molecule has 3 heterocycles. The Labute approximate surface area is 196 Å². The average Bonchev–Trinajstić information content (AvgIpc) is 3.25. The van der Waals surface area contributed by atoms with E-state index in [1.54, 1.807) is 0 Å². The Morgan fingerprint density at radius 3 is 2.24 bits per heavy atom. The number of carbonyl (C=O) groups is 1. The molecule has 1 aliphatic heterocycles. The smallest absolute Gasteiger partial charge is 0.172 e. The lowest BCUT2D eigenvalue weighted by molar-refractivity contribution is -0.117. The van der Waals surface area contributed by atoms with Gasteiger partial charge in [-0.1, -0.05) is 48.5 Å². The molecule has 5 rings (SSSR count). The maximum atomic E-state index is 12.6. The molecule has 34 heavy (non-hydrogen) atoms. The highest BCUT2D eigenvalue weighted by atomic mass is 16.5.